The topological polar surface area (TPSA) is 92.4 Å². The molecule has 92 valence electrons. The summed E-state index contributed by atoms with van der Waals surface area (Å²) in [6, 6.07) is 3.96. The van der Waals surface area contributed by atoms with Gasteiger partial charge in [-0.1, -0.05) is 6.07 Å². The number of carboxylic acids is 1. The van der Waals surface area contributed by atoms with Crippen molar-refractivity contribution >= 4 is 17.6 Å². The monoisotopic (exact) mass is 240 g/mol. The van der Waals surface area contributed by atoms with Gasteiger partial charge in [0.2, 0.25) is 0 Å². The fraction of sp³-hybridized carbons (Fsp3) is 0.273. The number of carbonyl (C=O) groups is 2. The minimum Gasteiger partial charge on any atom is -0.481 e. The Kier molecular flexibility index (Phi) is 4.45. The van der Waals surface area contributed by atoms with Crippen LogP contribution in [0, 0.1) is 5.82 Å². The molecule has 0 saturated heterocycles. The maximum atomic E-state index is 13.1. The van der Waals surface area contributed by atoms with E-state index in [1.165, 1.54) is 12.1 Å². The van der Waals surface area contributed by atoms with Crippen LogP contribution in [-0.2, 0) is 4.79 Å². The quantitative estimate of drug-likeness (QED) is 0.529. The number of hydrogen-bond donors (Lipinski definition) is 3. The lowest BCUT2D eigenvalue weighted by atomic mass is 10.1. The Bertz CT molecular complexity index is 435. The SMILES string of the molecule is Nc1c(F)cccc1C(=O)NCCCC(=O)O. The van der Waals surface area contributed by atoms with Gasteiger partial charge in [-0.05, 0) is 18.6 Å². The fourth-order valence-corrected chi connectivity index (χ4v) is 1.27. The van der Waals surface area contributed by atoms with Crippen molar-refractivity contribution in [1.82, 2.24) is 5.32 Å². The summed E-state index contributed by atoms with van der Waals surface area (Å²) in [5, 5.41) is 10.9. The number of aliphatic carboxylic acids is 1. The Morgan fingerprint density at radius 1 is 1.41 bits per heavy atom. The van der Waals surface area contributed by atoms with Gasteiger partial charge < -0.3 is 16.2 Å². The first-order chi connectivity index (χ1) is 8.02. The molecule has 1 amide bonds. The first-order valence-corrected chi connectivity index (χ1v) is 5.06. The lowest BCUT2D eigenvalue weighted by Crippen LogP contribution is -2.26. The zero-order chi connectivity index (χ0) is 12.8. The highest BCUT2D eigenvalue weighted by Gasteiger charge is 2.11. The van der Waals surface area contributed by atoms with Crippen LogP contribution in [0.5, 0.6) is 0 Å². The lowest BCUT2D eigenvalue weighted by molar-refractivity contribution is -0.137. The molecule has 0 heterocycles. The Hall–Kier alpha value is -2.11. The average Bonchev–Trinajstić information content (AvgIpc) is 2.27. The molecule has 1 aromatic rings. The Morgan fingerprint density at radius 2 is 2.12 bits per heavy atom. The number of hydrogen-bond acceptors (Lipinski definition) is 3. The van der Waals surface area contributed by atoms with E-state index in [1.54, 1.807) is 0 Å². The Balaban J connectivity index is 2.53. The van der Waals surface area contributed by atoms with Crippen molar-refractivity contribution in [3.8, 4) is 0 Å². The molecule has 17 heavy (non-hydrogen) atoms. The minimum absolute atomic E-state index is 0.0289. The molecular weight excluding hydrogens is 227 g/mol. The van der Waals surface area contributed by atoms with E-state index in [1.807, 2.05) is 0 Å². The van der Waals surface area contributed by atoms with E-state index in [2.05, 4.69) is 5.32 Å². The molecule has 0 unspecified atom stereocenters. The molecule has 0 aliphatic carbocycles. The van der Waals surface area contributed by atoms with Crippen LogP contribution in [0.1, 0.15) is 23.2 Å². The summed E-state index contributed by atoms with van der Waals surface area (Å²) in [5.41, 5.74) is 5.26. The van der Waals surface area contributed by atoms with Gasteiger partial charge in [-0.3, -0.25) is 9.59 Å². The van der Waals surface area contributed by atoms with Gasteiger partial charge >= 0.3 is 5.97 Å². The molecule has 0 bridgehead atoms. The number of rotatable bonds is 5. The number of carbonyl (C=O) groups excluding carboxylic acids is 1. The molecule has 6 heteroatoms. The number of nitrogens with one attached hydrogen (secondary N) is 1. The average molecular weight is 240 g/mol. The zero-order valence-corrected chi connectivity index (χ0v) is 9.07. The maximum absolute atomic E-state index is 13.1. The largest absolute Gasteiger partial charge is 0.481 e. The molecule has 1 aromatic carbocycles. The van der Waals surface area contributed by atoms with E-state index < -0.39 is 17.7 Å². The summed E-state index contributed by atoms with van der Waals surface area (Å²) in [6.45, 7) is 0.209. The molecule has 0 aliphatic heterocycles. The zero-order valence-electron chi connectivity index (χ0n) is 9.07. The Labute approximate surface area is 97.4 Å². The first kappa shape index (κ1) is 13.0. The number of nitrogens with two attached hydrogens (primary N) is 1. The molecular formula is C11H13FN2O3. The molecule has 5 nitrogen and oxygen atoms in total. The highest BCUT2D eigenvalue weighted by atomic mass is 19.1. The third-order valence-corrected chi connectivity index (χ3v) is 2.15. The van der Waals surface area contributed by atoms with Crippen molar-refractivity contribution in [3.63, 3.8) is 0 Å². The van der Waals surface area contributed by atoms with Gasteiger partial charge in [0.05, 0.1) is 11.3 Å². The first-order valence-electron chi connectivity index (χ1n) is 5.06. The smallest absolute Gasteiger partial charge is 0.303 e. The lowest BCUT2D eigenvalue weighted by Gasteiger charge is -2.07. The molecule has 0 radical (unpaired) electrons. The number of halogens is 1. The van der Waals surface area contributed by atoms with Crippen LogP contribution in [0.4, 0.5) is 10.1 Å². The van der Waals surface area contributed by atoms with Crippen LogP contribution in [0.3, 0.4) is 0 Å². The normalized spacial score (nSPS) is 9.94. The minimum atomic E-state index is -0.926. The second kappa shape index (κ2) is 5.83. The van der Waals surface area contributed by atoms with Gasteiger partial charge in [-0.2, -0.15) is 0 Å². The third-order valence-electron chi connectivity index (χ3n) is 2.15. The molecule has 0 aliphatic rings. The van der Waals surface area contributed by atoms with Crippen LogP contribution in [0.25, 0.3) is 0 Å². The number of para-hydroxylation sites is 1. The van der Waals surface area contributed by atoms with E-state index in [9.17, 15) is 14.0 Å². The van der Waals surface area contributed by atoms with Gasteiger partial charge in [-0.25, -0.2) is 4.39 Å². The van der Waals surface area contributed by atoms with Crippen LogP contribution in [0.2, 0.25) is 0 Å². The summed E-state index contributed by atoms with van der Waals surface area (Å²) >= 11 is 0. The van der Waals surface area contributed by atoms with E-state index in [4.69, 9.17) is 10.8 Å². The van der Waals surface area contributed by atoms with Gasteiger partial charge in [-0.15, -0.1) is 0 Å². The van der Waals surface area contributed by atoms with Gasteiger partial charge in [0.1, 0.15) is 5.82 Å². The molecule has 4 N–H and O–H groups in total. The fourth-order valence-electron chi connectivity index (χ4n) is 1.27. The summed E-state index contributed by atoms with van der Waals surface area (Å²) in [6.07, 6.45) is 0.287. The summed E-state index contributed by atoms with van der Waals surface area (Å²) in [7, 11) is 0. The Morgan fingerprint density at radius 3 is 2.76 bits per heavy atom. The third kappa shape index (κ3) is 3.75. The van der Waals surface area contributed by atoms with Crippen molar-refractivity contribution in [2.24, 2.45) is 0 Å². The summed E-state index contributed by atoms with van der Waals surface area (Å²) in [4.78, 5) is 21.8. The van der Waals surface area contributed by atoms with Crippen molar-refractivity contribution in [2.45, 2.75) is 12.8 Å². The van der Waals surface area contributed by atoms with Crippen LogP contribution < -0.4 is 11.1 Å². The maximum Gasteiger partial charge on any atom is 0.303 e. The van der Waals surface area contributed by atoms with E-state index in [0.717, 1.165) is 6.07 Å². The van der Waals surface area contributed by atoms with E-state index in [-0.39, 0.29) is 24.2 Å². The van der Waals surface area contributed by atoms with E-state index >= 15 is 0 Å². The highest BCUT2D eigenvalue weighted by molar-refractivity contribution is 5.99. The number of anilines is 1. The van der Waals surface area contributed by atoms with Crippen LogP contribution >= 0.6 is 0 Å². The molecule has 0 fully saturated rings. The van der Waals surface area contributed by atoms with Crippen molar-refractivity contribution < 1.29 is 19.1 Å². The molecule has 0 spiro atoms. The number of nitrogen functional groups attached to an aromatic ring is 1. The highest BCUT2D eigenvalue weighted by Crippen LogP contribution is 2.15. The number of amides is 1. The summed E-state index contributed by atoms with van der Waals surface area (Å²) < 4.78 is 13.1. The van der Waals surface area contributed by atoms with Crippen molar-refractivity contribution in [2.75, 3.05) is 12.3 Å². The van der Waals surface area contributed by atoms with Crippen LogP contribution in [0.15, 0.2) is 18.2 Å². The second-order valence-corrected chi connectivity index (χ2v) is 3.45. The van der Waals surface area contributed by atoms with Gasteiger partial charge in [0, 0.05) is 13.0 Å². The van der Waals surface area contributed by atoms with Crippen molar-refractivity contribution in [3.05, 3.63) is 29.6 Å². The van der Waals surface area contributed by atoms with Crippen molar-refractivity contribution in [1.29, 1.82) is 0 Å². The predicted octanol–water partition coefficient (Wildman–Crippen LogP) is 1.00. The molecule has 0 saturated carbocycles. The molecule has 0 atom stereocenters. The molecule has 1 rings (SSSR count). The number of benzene rings is 1. The summed E-state index contributed by atoms with van der Waals surface area (Å²) in [5.74, 6) is -2.08. The predicted molar refractivity (Wildman–Crippen MR) is 60.0 cm³/mol. The molecule has 0 aromatic heterocycles. The second-order valence-electron chi connectivity index (χ2n) is 3.45. The van der Waals surface area contributed by atoms with Gasteiger partial charge in [0.15, 0.2) is 0 Å². The van der Waals surface area contributed by atoms with Crippen LogP contribution in [-0.4, -0.2) is 23.5 Å². The number of carboxylic acid groups (broad SMARTS) is 1. The van der Waals surface area contributed by atoms with Gasteiger partial charge in [0.25, 0.3) is 5.91 Å². The van der Waals surface area contributed by atoms with E-state index in [0.29, 0.717) is 6.42 Å². The standard InChI is InChI=1S/C11H13FN2O3/c12-8-4-1-3-7(10(8)13)11(17)14-6-2-5-9(15)16/h1,3-4H,2,5-6,13H2,(H,14,17)(H,15,16).